The number of rotatable bonds is 9. The second-order valence-electron chi connectivity index (χ2n) is 7.46. The van der Waals surface area contributed by atoms with Crippen LogP contribution in [0.25, 0.3) is 0 Å². The number of allylic oxidation sites excluding steroid dienone is 1. The number of anilines is 1. The maximum absolute atomic E-state index is 12.6. The lowest BCUT2D eigenvalue weighted by molar-refractivity contribution is -0.139. The molecule has 0 saturated carbocycles. The molecule has 10 nitrogen and oxygen atoms in total. The summed E-state index contributed by atoms with van der Waals surface area (Å²) in [6.45, 7) is 5.15. The summed E-state index contributed by atoms with van der Waals surface area (Å²) in [7, 11) is 0. The first-order valence-corrected chi connectivity index (χ1v) is 11.1. The monoisotopic (exact) mass is 481 g/mol. The first kappa shape index (κ1) is 25.3. The fourth-order valence-electron chi connectivity index (χ4n) is 3.50. The van der Waals surface area contributed by atoms with Crippen molar-refractivity contribution < 1.29 is 33.4 Å². The molecule has 0 radical (unpaired) electrons. The molecule has 0 aliphatic carbocycles. The SMILES string of the molecule is CCOC(=O)C1=C(C)NC(=O)N[C@H]1c1ccccc1OCC(=O)Nc1ccc(C(=O)OCC)cc1. The number of esters is 2. The van der Waals surface area contributed by atoms with Gasteiger partial charge < -0.3 is 30.2 Å². The highest BCUT2D eigenvalue weighted by molar-refractivity contribution is 5.95. The highest BCUT2D eigenvalue weighted by atomic mass is 16.5. The zero-order chi connectivity index (χ0) is 25.4. The van der Waals surface area contributed by atoms with Gasteiger partial charge in [-0.05, 0) is 51.1 Å². The molecule has 0 fully saturated rings. The lowest BCUT2D eigenvalue weighted by Gasteiger charge is -2.29. The maximum atomic E-state index is 12.6. The van der Waals surface area contributed by atoms with Crippen molar-refractivity contribution in [1.82, 2.24) is 10.6 Å². The molecule has 1 aliphatic rings. The van der Waals surface area contributed by atoms with Gasteiger partial charge in [-0.15, -0.1) is 0 Å². The van der Waals surface area contributed by atoms with Crippen LogP contribution in [0.2, 0.25) is 0 Å². The molecule has 3 rings (SSSR count). The van der Waals surface area contributed by atoms with Gasteiger partial charge in [0.1, 0.15) is 5.75 Å². The maximum Gasteiger partial charge on any atom is 0.338 e. The van der Waals surface area contributed by atoms with Crippen LogP contribution in [0.5, 0.6) is 5.75 Å². The van der Waals surface area contributed by atoms with Crippen LogP contribution in [0.15, 0.2) is 59.8 Å². The summed E-state index contributed by atoms with van der Waals surface area (Å²) >= 11 is 0. The van der Waals surface area contributed by atoms with Gasteiger partial charge in [-0.1, -0.05) is 18.2 Å². The first-order valence-electron chi connectivity index (χ1n) is 11.1. The molecule has 0 bridgehead atoms. The largest absolute Gasteiger partial charge is 0.483 e. The third-order valence-electron chi connectivity index (χ3n) is 5.03. The van der Waals surface area contributed by atoms with E-state index in [0.717, 1.165) is 0 Å². The topological polar surface area (TPSA) is 132 Å². The predicted molar refractivity (Wildman–Crippen MR) is 127 cm³/mol. The van der Waals surface area contributed by atoms with E-state index in [4.69, 9.17) is 14.2 Å². The van der Waals surface area contributed by atoms with Crippen molar-refractivity contribution in [2.75, 3.05) is 25.1 Å². The van der Waals surface area contributed by atoms with Crippen LogP contribution >= 0.6 is 0 Å². The van der Waals surface area contributed by atoms with Gasteiger partial charge in [0.2, 0.25) is 0 Å². The molecular formula is C25H27N3O7. The summed E-state index contributed by atoms with van der Waals surface area (Å²) in [4.78, 5) is 48.9. The van der Waals surface area contributed by atoms with E-state index in [1.165, 1.54) is 0 Å². The standard InChI is InChI=1S/C25H27N3O7/c1-4-33-23(30)16-10-12-17(13-11-16)27-20(29)14-35-19-9-7-6-8-18(19)22-21(24(31)34-5-2)15(3)26-25(32)28-22/h6-13,22H,4-5,14H2,1-3H3,(H,27,29)(H2,26,28,32)/t22-/m0/s1. The van der Waals surface area contributed by atoms with Gasteiger partial charge in [-0.2, -0.15) is 0 Å². The summed E-state index contributed by atoms with van der Waals surface area (Å²) in [5.41, 5.74) is 1.97. The zero-order valence-corrected chi connectivity index (χ0v) is 19.7. The number of para-hydroxylation sites is 1. The average Bonchev–Trinajstić information content (AvgIpc) is 2.83. The molecular weight excluding hydrogens is 454 g/mol. The van der Waals surface area contributed by atoms with Crippen molar-refractivity contribution in [3.05, 3.63) is 70.9 Å². The number of urea groups is 1. The summed E-state index contributed by atoms with van der Waals surface area (Å²) < 4.78 is 15.8. The van der Waals surface area contributed by atoms with Gasteiger partial charge in [0.05, 0.1) is 30.4 Å². The lowest BCUT2D eigenvalue weighted by Crippen LogP contribution is -2.45. The number of carbonyl (C=O) groups is 4. The van der Waals surface area contributed by atoms with Crippen LogP contribution in [0.3, 0.4) is 0 Å². The average molecular weight is 482 g/mol. The van der Waals surface area contributed by atoms with Crippen LogP contribution < -0.4 is 20.7 Å². The van der Waals surface area contributed by atoms with Gasteiger partial charge in [0.25, 0.3) is 5.91 Å². The molecule has 2 aromatic carbocycles. The number of hydrogen-bond donors (Lipinski definition) is 3. The molecule has 35 heavy (non-hydrogen) atoms. The Morgan fingerprint density at radius 3 is 2.29 bits per heavy atom. The number of hydrogen-bond acceptors (Lipinski definition) is 7. The summed E-state index contributed by atoms with van der Waals surface area (Å²) in [5, 5.41) is 7.98. The van der Waals surface area contributed by atoms with Crippen molar-refractivity contribution in [2.45, 2.75) is 26.8 Å². The van der Waals surface area contributed by atoms with E-state index in [1.54, 1.807) is 69.3 Å². The molecule has 0 saturated heterocycles. The number of ether oxygens (including phenoxy) is 3. The second kappa shape index (κ2) is 11.7. The summed E-state index contributed by atoms with van der Waals surface area (Å²) in [6, 6.07) is 11.8. The van der Waals surface area contributed by atoms with Crippen LogP contribution in [0.1, 0.15) is 42.7 Å². The van der Waals surface area contributed by atoms with E-state index in [9.17, 15) is 19.2 Å². The van der Waals surface area contributed by atoms with Crippen LogP contribution in [0.4, 0.5) is 10.5 Å². The molecule has 2 aromatic rings. The molecule has 1 heterocycles. The number of carbonyl (C=O) groups excluding carboxylic acids is 4. The number of nitrogens with one attached hydrogen (secondary N) is 3. The Hall–Kier alpha value is -4.34. The zero-order valence-electron chi connectivity index (χ0n) is 19.7. The van der Waals surface area contributed by atoms with Crippen molar-refractivity contribution in [2.24, 2.45) is 0 Å². The summed E-state index contributed by atoms with van der Waals surface area (Å²) in [6.07, 6.45) is 0. The van der Waals surface area contributed by atoms with Crippen LogP contribution in [-0.4, -0.2) is 43.7 Å². The van der Waals surface area contributed by atoms with E-state index in [-0.39, 0.29) is 25.4 Å². The van der Waals surface area contributed by atoms with Crippen LogP contribution in [-0.2, 0) is 19.1 Å². The molecule has 3 amide bonds. The number of amides is 3. The highest BCUT2D eigenvalue weighted by Crippen LogP contribution is 2.33. The van der Waals surface area contributed by atoms with Gasteiger partial charge in [0.15, 0.2) is 6.61 Å². The Kier molecular flexibility index (Phi) is 8.44. The van der Waals surface area contributed by atoms with Gasteiger partial charge in [-0.25, -0.2) is 14.4 Å². The summed E-state index contributed by atoms with van der Waals surface area (Å²) in [5.74, 6) is -1.12. The van der Waals surface area contributed by atoms with Crippen molar-refractivity contribution in [3.8, 4) is 5.75 Å². The van der Waals surface area contributed by atoms with Crippen molar-refractivity contribution in [1.29, 1.82) is 0 Å². The van der Waals surface area contributed by atoms with E-state index >= 15 is 0 Å². The molecule has 1 aliphatic heterocycles. The van der Waals surface area contributed by atoms with E-state index < -0.39 is 29.9 Å². The fraction of sp³-hybridized carbons (Fsp3) is 0.280. The fourth-order valence-corrected chi connectivity index (χ4v) is 3.50. The second-order valence-corrected chi connectivity index (χ2v) is 7.46. The van der Waals surface area contributed by atoms with Gasteiger partial charge in [0, 0.05) is 16.9 Å². The van der Waals surface area contributed by atoms with E-state index in [2.05, 4.69) is 16.0 Å². The minimum absolute atomic E-state index is 0.176. The Balaban J connectivity index is 1.72. The third kappa shape index (κ3) is 6.38. The highest BCUT2D eigenvalue weighted by Gasteiger charge is 2.33. The lowest BCUT2D eigenvalue weighted by atomic mass is 9.95. The Morgan fingerprint density at radius 2 is 1.60 bits per heavy atom. The predicted octanol–water partition coefficient (Wildman–Crippen LogP) is 3.07. The smallest absolute Gasteiger partial charge is 0.338 e. The van der Waals surface area contributed by atoms with Crippen molar-refractivity contribution >= 4 is 29.6 Å². The van der Waals surface area contributed by atoms with Gasteiger partial charge in [-0.3, -0.25) is 4.79 Å². The molecule has 0 unspecified atom stereocenters. The number of benzene rings is 2. The minimum atomic E-state index is -0.822. The normalized spacial score (nSPS) is 14.9. The molecule has 0 spiro atoms. The molecule has 1 atom stereocenters. The Labute approximate surface area is 202 Å². The molecule has 184 valence electrons. The Bertz CT molecular complexity index is 1140. The quantitative estimate of drug-likeness (QED) is 0.469. The first-order chi connectivity index (χ1) is 16.8. The van der Waals surface area contributed by atoms with E-state index in [0.29, 0.717) is 28.3 Å². The van der Waals surface area contributed by atoms with Gasteiger partial charge >= 0.3 is 18.0 Å². The third-order valence-corrected chi connectivity index (χ3v) is 5.03. The van der Waals surface area contributed by atoms with Crippen LogP contribution in [0, 0.1) is 0 Å². The molecule has 10 heteroatoms. The Morgan fingerprint density at radius 1 is 0.943 bits per heavy atom. The van der Waals surface area contributed by atoms with E-state index in [1.807, 2.05) is 0 Å². The molecule has 3 N–H and O–H groups in total. The molecule has 0 aromatic heterocycles. The minimum Gasteiger partial charge on any atom is -0.483 e. The van der Waals surface area contributed by atoms with Crippen molar-refractivity contribution in [3.63, 3.8) is 0 Å².